The smallest absolute Gasteiger partial charge is 0.196 e. The Morgan fingerprint density at radius 3 is 2.56 bits per heavy atom. The summed E-state index contributed by atoms with van der Waals surface area (Å²) in [6.07, 6.45) is 0. The van der Waals surface area contributed by atoms with Gasteiger partial charge in [0.25, 0.3) is 0 Å². The van der Waals surface area contributed by atoms with Crippen LogP contribution in [0.4, 0.5) is 10.1 Å². The Hall–Kier alpha value is -3.44. The number of hydrazone groups is 1. The SMILES string of the molecule is COc1ccc(-c2csc(C(C#N)=NNc3ccc(F)cc3)n2)cc1OC. The van der Waals surface area contributed by atoms with Crippen molar-refractivity contribution in [2.24, 2.45) is 5.10 Å². The Morgan fingerprint density at radius 1 is 1.15 bits per heavy atom. The van der Waals surface area contributed by atoms with Crippen LogP contribution in [0.25, 0.3) is 11.3 Å². The van der Waals surface area contributed by atoms with E-state index in [4.69, 9.17) is 9.47 Å². The maximum atomic E-state index is 12.9. The lowest BCUT2D eigenvalue weighted by Gasteiger charge is -2.08. The van der Waals surface area contributed by atoms with Crippen LogP contribution in [0.15, 0.2) is 52.9 Å². The van der Waals surface area contributed by atoms with Gasteiger partial charge in [-0.3, -0.25) is 5.43 Å². The fourth-order valence-corrected chi connectivity index (χ4v) is 3.04. The second-order valence-electron chi connectivity index (χ2n) is 5.30. The molecule has 8 heteroatoms. The van der Waals surface area contributed by atoms with Gasteiger partial charge in [-0.2, -0.15) is 10.4 Å². The van der Waals surface area contributed by atoms with Gasteiger partial charge in [0, 0.05) is 10.9 Å². The molecule has 0 saturated carbocycles. The third-order valence-corrected chi connectivity index (χ3v) is 4.48. The molecule has 0 fully saturated rings. The molecule has 0 saturated heterocycles. The van der Waals surface area contributed by atoms with E-state index < -0.39 is 0 Å². The molecule has 0 spiro atoms. The number of anilines is 1. The molecular weight excluding hydrogens is 367 g/mol. The average molecular weight is 382 g/mol. The highest BCUT2D eigenvalue weighted by atomic mass is 32.1. The van der Waals surface area contributed by atoms with Crippen LogP contribution < -0.4 is 14.9 Å². The fraction of sp³-hybridized carbons (Fsp3) is 0.105. The van der Waals surface area contributed by atoms with Gasteiger partial charge >= 0.3 is 0 Å². The van der Waals surface area contributed by atoms with Crippen LogP contribution in [0, 0.1) is 17.1 Å². The molecule has 3 rings (SSSR count). The number of aromatic nitrogens is 1. The minimum absolute atomic E-state index is 0.135. The Morgan fingerprint density at radius 2 is 1.89 bits per heavy atom. The summed E-state index contributed by atoms with van der Waals surface area (Å²) in [4.78, 5) is 4.48. The van der Waals surface area contributed by atoms with Gasteiger partial charge in [-0.05, 0) is 42.5 Å². The summed E-state index contributed by atoms with van der Waals surface area (Å²) in [5, 5.41) is 15.8. The number of benzene rings is 2. The van der Waals surface area contributed by atoms with Gasteiger partial charge in [-0.15, -0.1) is 11.3 Å². The Labute approximate surface area is 159 Å². The van der Waals surface area contributed by atoms with E-state index in [-0.39, 0.29) is 11.5 Å². The Bertz CT molecular complexity index is 1010. The predicted molar refractivity (Wildman–Crippen MR) is 103 cm³/mol. The maximum absolute atomic E-state index is 12.9. The number of halogens is 1. The number of rotatable bonds is 6. The zero-order valence-corrected chi connectivity index (χ0v) is 15.4. The van der Waals surface area contributed by atoms with E-state index in [2.05, 4.69) is 15.5 Å². The van der Waals surface area contributed by atoms with Crippen molar-refractivity contribution in [2.75, 3.05) is 19.6 Å². The number of nitrogens with one attached hydrogen (secondary N) is 1. The minimum atomic E-state index is -0.343. The minimum Gasteiger partial charge on any atom is -0.493 e. The van der Waals surface area contributed by atoms with Crippen LogP contribution in [0.3, 0.4) is 0 Å². The van der Waals surface area contributed by atoms with E-state index >= 15 is 0 Å². The molecule has 1 N–H and O–H groups in total. The number of nitrogens with zero attached hydrogens (tertiary/aromatic N) is 3. The molecule has 3 aromatic rings. The third-order valence-electron chi connectivity index (χ3n) is 3.63. The molecule has 0 aliphatic heterocycles. The topological polar surface area (TPSA) is 79.5 Å². The molecular formula is C19H15FN4O2S. The van der Waals surface area contributed by atoms with Crippen molar-refractivity contribution < 1.29 is 13.9 Å². The van der Waals surface area contributed by atoms with E-state index in [9.17, 15) is 9.65 Å². The maximum Gasteiger partial charge on any atom is 0.196 e. The zero-order valence-electron chi connectivity index (χ0n) is 14.6. The molecule has 0 atom stereocenters. The van der Waals surface area contributed by atoms with E-state index in [0.717, 1.165) is 5.56 Å². The molecule has 0 aliphatic rings. The summed E-state index contributed by atoms with van der Waals surface area (Å²) in [6, 6.07) is 13.2. The van der Waals surface area contributed by atoms with Crippen LogP contribution in [0.1, 0.15) is 5.01 Å². The van der Waals surface area contributed by atoms with Crippen molar-refractivity contribution in [3.63, 3.8) is 0 Å². The van der Waals surface area contributed by atoms with E-state index in [0.29, 0.717) is 27.9 Å². The number of hydrogen-bond donors (Lipinski definition) is 1. The molecule has 1 aromatic heterocycles. The molecule has 0 radical (unpaired) electrons. The van der Waals surface area contributed by atoms with Crippen molar-refractivity contribution >= 4 is 22.7 Å². The largest absolute Gasteiger partial charge is 0.493 e. The summed E-state index contributed by atoms with van der Waals surface area (Å²) < 4.78 is 23.5. The first-order chi connectivity index (χ1) is 13.1. The Kier molecular flexibility index (Phi) is 5.64. The van der Waals surface area contributed by atoms with Crippen molar-refractivity contribution in [1.82, 2.24) is 4.98 Å². The molecule has 136 valence electrons. The third kappa shape index (κ3) is 4.22. The van der Waals surface area contributed by atoms with Gasteiger partial charge in [0.2, 0.25) is 0 Å². The quantitative estimate of drug-likeness (QED) is 0.508. The van der Waals surface area contributed by atoms with E-state index in [1.54, 1.807) is 20.3 Å². The second kappa shape index (κ2) is 8.29. The number of methoxy groups -OCH3 is 2. The van der Waals surface area contributed by atoms with Gasteiger partial charge in [-0.1, -0.05) is 0 Å². The van der Waals surface area contributed by atoms with Crippen molar-refractivity contribution in [3.05, 3.63) is 58.7 Å². The highest BCUT2D eigenvalue weighted by molar-refractivity contribution is 7.12. The first-order valence-corrected chi connectivity index (χ1v) is 8.70. The zero-order chi connectivity index (χ0) is 19.2. The lowest BCUT2D eigenvalue weighted by molar-refractivity contribution is 0.355. The van der Waals surface area contributed by atoms with Crippen molar-refractivity contribution in [1.29, 1.82) is 5.26 Å². The summed E-state index contributed by atoms with van der Waals surface area (Å²) in [5.74, 6) is 0.876. The number of ether oxygens (including phenoxy) is 2. The van der Waals surface area contributed by atoms with Gasteiger partial charge in [-0.25, -0.2) is 9.37 Å². The molecule has 6 nitrogen and oxygen atoms in total. The van der Waals surface area contributed by atoms with Gasteiger partial charge in [0.15, 0.2) is 22.2 Å². The van der Waals surface area contributed by atoms with Crippen molar-refractivity contribution in [3.8, 4) is 28.8 Å². The lowest BCUT2D eigenvalue weighted by Crippen LogP contribution is -2.01. The first-order valence-electron chi connectivity index (χ1n) is 7.82. The molecule has 1 heterocycles. The fourth-order valence-electron chi connectivity index (χ4n) is 2.28. The van der Waals surface area contributed by atoms with Gasteiger partial charge in [0.1, 0.15) is 11.9 Å². The molecule has 0 bridgehead atoms. The van der Waals surface area contributed by atoms with Gasteiger partial charge in [0.05, 0.1) is 25.6 Å². The summed E-state index contributed by atoms with van der Waals surface area (Å²) in [7, 11) is 3.14. The monoisotopic (exact) mass is 382 g/mol. The van der Waals surface area contributed by atoms with Gasteiger partial charge < -0.3 is 9.47 Å². The predicted octanol–water partition coefficient (Wildman–Crippen LogP) is 4.31. The van der Waals surface area contributed by atoms with Crippen LogP contribution in [0.2, 0.25) is 0 Å². The molecule has 27 heavy (non-hydrogen) atoms. The number of nitriles is 1. The Balaban J connectivity index is 1.84. The lowest BCUT2D eigenvalue weighted by atomic mass is 10.1. The number of thiazole rings is 1. The van der Waals surface area contributed by atoms with Crippen molar-refractivity contribution in [2.45, 2.75) is 0 Å². The van der Waals surface area contributed by atoms with Crippen LogP contribution in [0.5, 0.6) is 11.5 Å². The van der Waals surface area contributed by atoms with Crippen LogP contribution >= 0.6 is 11.3 Å². The molecule has 0 aliphatic carbocycles. The standard InChI is InChI=1S/C19H15FN4O2S/c1-25-17-8-3-12(9-18(17)26-2)16-11-27-19(22-16)15(10-21)24-23-14-6-4-13(20)5-7-14/h3-9,11,23H,1-2H3. The first kappa shape index (κ1) is 18.4. The van der Waals surface area contributed by atoms with E-state index in [1.165, 1.54) is 35.6 Å². The molecule has 0 unspecified atom stereocenters. The summed E-state index contributed by atoms with van der Waals surface area (Å²) >= 11 is 1.30. The van der Waals surface area contributed by atoms with Crippen LogP contribution in [-0.4, -0.2) is 24.9 Å². The normalized spacial score (nSPS) is 11.0. The van der Waals surface area contributed by atoms with E-state index in [1.807, 2.05) is 23.6 Å². The molecule has 2 aromatic carbocycles. The number of hydrogen-bond acceptors (Lipinski definition) is 7. The van der Waals surface area contributed by atoms with Crippen LogP contribution in [-0.2, 0) is 0 Å². The highest BCUT2D eigenvalue weighted by Crippen LogP contribution is 2.32. The average Bonchev–Trinajstić information content (AvgIpc) is 3.19. The second-order valence-corrected chi connectivity index (χ2v) is 6.16. The summed E-state index contributed by atoms with van der Waals surface area (Å²) in [5.41, 5.74) is 4.97. The summed E-state index contributed by atoms with van der Waals surface area (Å²) in [6.45, 7) is 0. The highest BCUT2D eigenvalue weighted by Gasteiger charge is 2.12. The molecule has 0 amide bonds.